The molecule has 0 spiro atoms. The molecule has 17 heavy (non-hydrogen) atoms. The van der Waals surface area contributed by atoms with Crippen LogP contribution in [-0.2, 0) is 6.42 Å². The molecule has 2 aromatic rings. The second-order valence-corrected chi connectivity index (χ2v) is 3.84. The lowest BCUT2D eigenvalue weighted by Gasteiger charge is -2.08. The van der Waals surface area contributed by atoms with Gasteiger partial charge in [-0.15, -0.1) is 5.10 Å². The fourth-order valence-corrected chi connectivity index (χ4v) is 1.85. The summed E-state index contributed by atoms with van der Waals surface area (Å²) in [6, 6.07) is 5.87. The number of rotatable bonds is 3. The standard InChI is InChI=1S/C12H16N4O/c1-4-10-12(13)14-15-16(10)9-5-6-11(17-3)8(2)7-9/h5-7H,4,13H2,1-3H3. The van der Waals surface area contributed by atoms with Gasteiger partial charge in [0.15, 0.2) is 5.82 Å². The van der Waals surface area contributed by atoms with E-state index < -0.39 is 0 Å². The summed E-state index contributed by atoms with van der Waals surface area (Å²) in [5.41, 5.74) is 8.69. The minimum absolute atomic E-state index is 0.487. The molecular weight excluding hydrogens is 216 g/mol. The molecule has 2 N–H and O–H groups in total. The van der Waals surface area contributed by atoms with Crippen molar-refractivity contribution in [2.24, 2.45) is 0 Å². The Labute approximate surface area is 100 Å². The molecule has 5 nitrogen and oxygen atoms in total. The normalized spacial score (nSPS) is 10.5. The Bertz CT molecular complexity index is 533. The van der Waals surface area contributed by atoms with Crippen molar-refractivity contribution in [2.45, 2.75) is 20.3 Å². The number of nitrogen functional groups attached to an aromatic ring is 1. The van der Waals surface area contributed by atoms with E-state index in [0.717, 1.165) is 29.1 Å². The fourth-order valence-electron chi connectivity index (χ4n) is 1.85. The lowest BCUT2D eigenvalue weighted by Crippen LogP contribution is -2.03. The number of aromatic nitrogens is 3. The molecule has 5 heteroatoms. The monoisotopic (exact) mass is 232 g/mol. The van der Waals surface area contributed by atoms with Crippen molar-refractivity contribution in [2.75, 3.05) is 12.8 Å². The van der Waals surface area contributed by atoms with E-state index in [1.165, 1.54) is 0 Å². The van der Waals surface area contributed by atoms with Crippen LogP contribution in [0.2, 0.25) is 0 Å². The van der Waals surface area contributed by atoms with Crippen molar-refractivity contribution in [1.29, 1.82) is 0 Å². The summed E-state index contributed by atoms with van der Waals surface area (Å²) in [5, 5.41) is 7.95. The first kappa shape index (κ1) is 11.4. The molecule has 0 aliphatic heterocycles. The van der Waals surface area contributed by atoms with Crippen LogP contribution in [-0.4, -0.2) is 22.1 Å². The predicted molar refractivity (Wildman–Crippen MR) is 66.4 cm³/mol. The number of benzene rings is 1. The van der Waals surface area contributed by atoms with E-state index in [4.69, 9.17) is 10.5 Å². The number of nitrogens with two attached hydrogens (primary N) is 1. The van der Waals surface area contributed by atoms with E-state index in [-0.39, 0.29) is 0 Å². The van der Waals surface area contributed by atoms with Crippen LogP contribution in [0.15, 0.2) is 18.2 Å². The topological polar surface area (TPSA) is 66.0 Å². The third-order valence-electron chi connectivity index (χ3n) is 2.75. The Kier molecular flexibility index (Phi) is 2.99. The van der Waals surface area contributed by atoms with E-state index in [9.17, 15) is 0 Å². The summed E-state index contributed by atoms with van der Waals surface area (Å²) in [4.78, 5) is 0. The van der Waals surface area contributed by atoms with Gasteiger partial charge >= 0.3 is 0 Å². The fraction of sp³-hybridized carbons (Fsp3) is 0.333. The molecule has 0 saturated heterocycles. The van der Waals surface area contributed by atoms with Gasteiger partial charge in [0.05, 0.1) is 18.5 Å². The zero-order chi connectivity index (χ0) is 12.4. The van der Waals surface area contributed by atoms with Gasteiger partial charge < -0.3 is 10.5 Å². The van der Waals surface area contributed by atoms with Crippen LogP contribution < -0.4 is 10.5 Å². The van der Waals surface area contributed by atoms with Gasteiger partial charge in [-0.25, -0.2) is 4.68 Å². The summed E-state index contributed by atoms with van der Waals surface area (Å²) in [5.74, 6) is 1.35. The molecule has 1 heterocycles. The first-order valence-electron chi connectivity index (χ1n) is 5.52. The Hall–Kier alpha value is -2.04. The smallest absolute Gasteiger partial charge is 0.169 e. The average molecular weight is 232 g/mol. The summed E-state index contributed by atoms with van der Waals surface area (Å²) in [6.45, 7) is 4.02. The Morgan fingerprint density at radius 1 is 1.41 bits per heavy atom. The maximum atomic E-state index is 5.76. The van der Waals surface area contributed by atoms with Crippen LogP contribution in [0.5, 0.6) is 5.75 Å². The molecule has 0 radical (unpaired) electrons. The second-order valence-electron chi connectivity index (χ2n) is 3.84. The molecule has 90 valence electrons. The van der Waals surface area contributed by atoms with Crippen LogP contribution in [0.3, 0.4) is 0 Å². The molecule has 0 aliphatic carbocycles. The number of aryl methyl sites for hydroxylation is 1. The third kappa shape index (κ3) is 1.95. The molecule has 0 saturated carbocycles. The van der Waals surface area contributed by atoms with Gasteiger partial charge in [0.2, 0.25) is 0 Å². The van der Waals surface area contributed by atoms with Gasteiger partial charge in [-0.2, -0.15) is 0 Å². The van der Waals surface area contributed by atoms with Crippen LogP contribution in [0, 0.1) is 6.92 Å². The number of hydrogen-bond donors (Lipinski definition) is 1. The number of anilines is 1. The minimum atomic E-state index is 0.487. The summed E-state index contributed by atoms with van der Waals surface area (Å²) < 4.78 is 6.99. The van der Waals surface area contributed by atoms with Crippen molar-refractivity contribution in [3.63, 3.8) is 0 Å². The van der Waals surface area contributed by atoms with Crippen molar-refractivity contribution < 1.29 is 4.74 Å². The molecule has 0 unspecified atom stereocenters. The molecule has 1 aromatic heterocycles. The highest BCUT2D eigenvalue weighted by Crippen LogP contribution is 2.22. The largest absolute Gasteiger partial charge is 0.496 e. The number of methoxy groups -OCH3 is 1. The van der Waals surface area contributed by atoms with Crippen molar-refractivity contribution >= 4 is 5.82 Å². The number of ether oxygens (including phenoxy) is 1. The van der Waals surface area contributed by atoms with E-state index in [1.807, 2.05) is 32.0 Å². The van der Waals surface area contributed by atoms with Crippen molar-refractivity contribution in [3.05, 3.63) is 29.5 Å². The predicted octanol–water partition coefficient (Wildman–Crippen LogP) is 1.73. The average Bonchev–Trinajstić information content (AvgIpc) is 2.70. The van der Waals surface area contributed by atoms with Crippen molar-refractivity contribution in [3.8, 4) is 11.4 Å². The van der Waals surface area contributed by atoms with E-state index in [1.54, 1.807) is 11.8 Å². The zero-order valence-corrected chi connectivity index (χ0v) is 10.3. The van der Waals surface area contributed by atoms with Gasteiger partial charge in [0.1, 0.15) is 5.75 Å². The lowest BCUT2D eigenvalue weighted by atomic mass is 10.2. The van der Waals surface area contributed by atoms with Crippen LogP contribution >= 0.6 is 0 Å². The van der Waals surface area contributed by atoms with Crippen LogP contribution in [0.4, 0.5) is 5.82 Å². The van der Waals surface area contributed by atoms with E-state index >= 15 is 0 Å². The molecule has 1 aromatic carbocycles. The SMILES string of the molecule is CCc1c(N)nnn1-c1ccc(OC)c(C)c1. The molecule has 0 aliphatic rings. The summed E-state index contributed by atoms with van der Waals surface area (Å²) >= 11 is 0. The highest BCUT2D eigenvalue weighted by molar-refractivity contribution is 5.46. The Morgan fingerprint density at radius 3 is 2.76 bits per heavy atom. The molecular formula is C12H16N4O. The Morgan fingerprint density at radius 2 is 2.18 bits per heavy atom. The quantitative estimate of drug-likeness (QED) is 0.875. The molecule has 0 bridgehead atoms. The van der Waals surface area contributed by atoms with E-state index in [2.05, 4.69) is 10.3 Å². The lowest BCUT2D eigenvalue weighted by molar-refractivity contribution is 0.411. The summed E-state index contributed by atoms with van der Waals surface area (Å²) in [7, 11) is 1.66. The zero-order valence-electron chi connectivity index (χ0n) is 10.3. The maximum Gasteiger partial charge on any atom is 0.169 e. The van der Waals surface area contributed by atoms with E-state index in [0.29, 0.717) is 5.82 Å². The number of nitrogens with zero attached hydrogens (tertiary/aromatic N) is 3. The van der Waals surface area contributed by atoms with Crippen LogP contribution in [0.25, 0.3) is 5.69 Å². The molecule has 0 fully saturated rings. The molecule has 2 rings (SSSR count). The number of hydrogen-bond acceptors (Lipinski definition) is 4. The first-order valence-corrected chi connectivity index (χ1v) is 5.52. The first-order chi connectivity index (χ1) is 8.17. The van der Waals surface area contributed by atoms with Gasteiger partial charge in [0, 0.05) is 0 Å². The van der Waals surface area contributed by atoms with Crippen LogP contribution in [0.1, 0.15) is 18.2 Å². The van der Waals surface area contributed by atoms with Gasteiger partial charge in [-0.1, -0.05) is 12.1 Å². The highest BCUT2D eigenvalue weighted by Gasteiger charge is 2.10. The maximum absolute atomic E-state index is 5.76. The van der Waals surface area contributed by atoms with Gasteiger partial charge in [0.25, 0.3) is 0 Å². The van der Waals surface area contributed by atoms with Gasteiger partial charge in [-0.05, 0) is 37.1 Å². The summed E-state index contributed by atoms with van der Waals surface area (Å²) in [6.07, 6.45) is 0.796. The van der Waals surface area contributed by atoms with Crippen molar-refractivity contribution in [1.82, 2.24) is 15.0 Å². The highest BCUT2D eigenvalue weighted by atomic mass is 16.5. The Balaban J connectivity index is 2.49. The minimum Gasteiger partial charge on any atom is -0.496 e. The molecule has 0 amide bonds. The third-order valence-corrected chi connectivity index (χ3v) is 2.75. The van der Waals surface area contributed by atoms with Gasteiger partial charge in [-0.3, -0.25) is 0 Å². The second kappa shape index (κ2) is 4.45. The molecule has 0 atom stereocenters.